The molecule has 2 aliphatic rings. The van der Waals surface area contributed by atoms with Crippen LogP contribution in [0.15, 0.2) is 60.2 Å². The molecule has 0 radical (unpaired) electrons. The summed E-state index contributed by atoms with van der Waals surface area (Å²) in [6.45, 7) is 6.12. The van der Waals surface area contributed by atoms with E-state index in [1.807, 2.05) is 39.0 Å². The first kappa shape index (κ1) is 24.2. The molecule has 1 amide bonds. The number of nitrogens with zero attached hydrogens (tertiary/aromatic N) is 1. The van der Waals surface area contributed by atoms with Crippen molar-refractivity contribution in [2.24, 2.45) is 0 Å². The Labute approximate surface area is 214 Å². The number of aliphatic hydroxyl groups excluding tert-OH is 1. The van der Waals surface area contributed by atoms with Crippen molar-refractivity contribution in [3.8, 4) is 23.0 Å². The van der Waals surface area contributed by atoms with Crippen LogP contribution in [-0.2, 0) is 9.59 Å². The van der Waals surface area contributed by atoms with Gasteiger partial charge in [0.05, 0.1) is 25.3 Å². The van der Waals surface area contributed by atoms with Gasteiger partial charge in [-0.15, -0.1) is 0 Å². The maximum Gasteiger partial charge on any atom is 0.300 e. The predicted octanol–water partition coefficient (Wildman–Crippen LogP) is 5.07. The van der Waals surface area contributed by atoms with E-state index in [4.69, 9.17) is 18.9 Å². The molecule has 0 aromatic heterocycles. The van der Waals surface area contributed by atoms with Gasteiger partial charge in [-0.3, -0.25) is 14.5 Å². The van der Waals surface area contributed by atoms with E-state index in [-0.39, 0.29) is 18.1 Å². The summed E-state index contributed by atoms with van der Waals surface area (Å²) in [6.07, 6.45) is 0. The highest BCUT2D eigenvalue weighted by molar-refractivity contribution is 6.51. The molecule has 1 atom stereocenters. The Bertz CT molecular complexity index is 1440. The lowest BCUT2D eigenvalue weighted by molar-refractivity contribution is -0.132. The lowest BCUT2D eigenvalue weighted by Gasteiger charge is -2.27. The normalized spacial score (nSPS) is 17.8. The molecular formula is C29H27NO7. The number of hydrogen-bond donors (Lipinski definition) is 1. The lowest BCUT2D eigenvalue weighted by atomic mass is 9.94. The first-order valence-corrected chi connectivity index (χ1v) is 11.9. The van der Waals surface area contributed by atoms with Crippen molar-refractivity contribution in [1.82, 2.24) is 0 Å². The van der Waals surface area contributed by atoms with E-state index >= 15 is 0 Å². The molecule has 37 heavy (non-hydrogen) atoms. The molecule has 2 aliphatic heterocycles. The van der Waals surface area contributed by atoms with Crippen molar-refractivity contribution in [2.75, 3.05) is 25.4 Å². The van der Waals surface area contributed by atoms with Gasteiger partial charge in [0, 0.05) is 11.3 Å². The number of Topliss-reactive ketones (excluding diaryl/α,β-unsaturated/α-hetero) is 1. The minimum Gasteiger partial charge on any atom is -0.507 e. The Morgan fingerprint density at radius 3 is 2.54 bits per heavy atom. The molecule has 8 nitrogen and oxygen atoms in total. The summed E-state index contributed by atoms with van der Waals surface area (Å²) in [5, 5.41) is 11.5. The quantitative estimate of drug-likeness (QED) is 0.286. The summed E-state index contributed by atoms with van der Waals surface area (Å²) in [5.74, 6) is 0.169. The first-order valence-electron chi connectivity index (χ1n) is 11.9. The molecule has 3 aromatic carbocycles. The Morgan fingerprint density at radius 2 is 1.78 bits per heavy atom. The second-order valence-corrected chi connectivity index (χ2v) is 8.87. The summed E-state index contributed by atoms with van der Waals surface area (Å²) >= 11 is 0. The van der Waals surface area contributed by atoms with Crippen molar-refractivity contribution >= 4 is 23.1 Å². The third-order valence-electron chi connectivity index (χ3n) is 6.52. The number of benzene rings is 3. The zero-order valence-corrected chi connectivity index (χ0v) is 21.0. The van der Waals surface area contributed by atoms with Crippen LogP contribution in [0.4, 0.5) is 5.69 Å². The van der Waals surface area contributed by atoms with Gasteiger partial charge in [0.15, 0.2) is 23.0 Å². The van der Waals surface area contributed by atoms with E-state index in [1.165, 1.54) is 4.90 Å². The zero-order valence-electron chi connectivity index (χ0n) is 21.0. The highest BCUT2D eigenvalue weighted by Gasteiger charge is 2.47. The molecule has 8 heteroatoms. The van der Waals surface area contributed by atoms with Crippen molar-refractivity contribution in [3.63, 3.8) is 0 Å². The molecule has 1 saturated heterocycles. The van der Waals surface area contributed by atoms with Crippen LogP contribution in [0.2, 0.25) is 0 Å². The van der Waals surface area contributed by atoms with Crippen LogP contribution in [0.1, 0.15) is 35.2 Å². The summed E-state index contributed by atoms with van der Waals surface area (Å²) in [7, 11) is 1.54. The molecule has 190 valence electrons. The van der Waals surface area contributed by atoms with E-state index in [0.29, 0.717) is 46.4 Å². The highest BCUT2D eigenvalue weighted by atomic mass is 16.7. The number of aryl methyl sites for hydroxylation is 2. The predicted molar refractivity (Wildman–Crippen MR) is 137 cm³/mol. The number of aliphatic hydroxyl groups is 1. The van der Waals surface area contributed by atoms with Crippen LogP contribution >= 0.6 is 0 Å². The summed E-state index contributed by atoms with van der Waals surface area (Å²) in [4.78, 5) is 28.5. The molecule has 1 N–H and O–H groups in total. The topological polar surface area (TPSA) is 94.5 Å². The van der Waals surface area contributed by atoms with Gasteiger partial charge in [-0.2, -0.15) is 0 Å². The van der Waals surface area contributed by atoms with Crippen LogP contribution in [-0.4, -0.2) is 37.3 Å². The highest BCUT2D eigenvalue weighted by Crippen LogP contribution is 2.46. The number of carbonyl (C=O) groups excluding carboxylic acids is 2. The van der Waals surface area contributed by atoms with E-state index in [1.54, 1.807) is 43.5 Å². The Balaban J connectivity index is 1.74. The van der Waals surface area contributed by atoms with E-state index in [9.17, 15) is 14.7 Å². The van der Waals surface area contributed by atoms with Crippen molar-refractivity contribution < 1.29 is 33.6 Å². The molecule has 2 heterocycles. The second kappa shape index (κ2) is 9.54. The van der Waals surface area contributed by atoms with Crippen LogP contribution in [0.25, 0.3) is 5.76 Å². The number of ether oxygens (including phenoxy) is 4. The van der Waals surface area contributed by atoms with Gasteiger partial charge in [0.25, 0.3) is 11.7 Å². The van der Waals surface area contributed by atoms with E-state index in [2.05, 4.69) is 0 Å². The molecule has 5 rings (SSSR count). The minimum atomic E-state index is -0.906. The van der Waals surface area contributed by atoms with Crippen molar-refractivity contribution in [3.05, 3.63) is 82.4 Å². The Hall–Kier alpha value is -4.46. The van der Waals surface area contributed by atoms with Gasteiger partial charge in [-0.1, -0.05) is 18.2 Å². The average Bonchev–Trinajstić information content (AvgIpc) is 3.47. The molecule has 1 fully saturated rings. The zero-order chi connectivity index (χ0) is 26.3. The van der Waals surface area contributed by atoms with Gasteiger partial charge >= 0.3 is 0 Å². The number of amides is 1. The second-order valence-electron chi connectivity index (χ2n) is 8.87. The molecular weight excluding hydrogens is 474 g/mol. The van der Waals surface area contributed by atoms with Crippen LogP contribution in [0, 0.1) is 13.8 Å². The van der Waals surface area contributed by atoms with Crippen LogP contribution in [0.3, 0.4) is 0 Å². The summed E-state index contributed by atoms with van der Waals surface area (Å²) in [6, 6.07) is 14.9. The summed E-state index contributed by atoms with van der Waals surface area (Å²) < 4.78 is 22.0. The van der Waals surface area contributed by atoms with E-state index in [0.717, 1.165) is 11.1 Å². The minimum absolute atomic E-state index is 0.0302. The number of ketones is 1. The van der Waals surface area contributed by atoms with Gasteiger partial charge < -0.3 is 24.1 Å². The van der Waals surface area contributed by atoms with Gasteiger partial charge in [-0.05, 0) is 73.9 Å². The Morgan fingerprint density at radius 1 is 1.00 bits per heavy atom. The summed E-state index contributed by atoms with van der Waals surface area (Å²) in [5.41, 5.74) is 3.24. The fourth-order valence-electron chi connectivity index (χ4n) is 4.71. The van der Waals surface area contributed by atoms with Crippen molar-refractivity contribution in [1.29, 1.82) is 0 Å². The van der Waals surface area contributed by atoms with Crippen molar-refractivity contribution in [2.45, 2.75) is 26.8 Å². The van der Waals surface area contributed by atoms with Crippen LogP contribution < -0.4 is 23.8 Å². The fraction of sp³-hybridized carbons (Fsp3) is 0.241. The number of methoxy groups -OCH3 is 1. The number of anilines is 1. The average molecular weight is 502 g/mol. The maximum absolute atomic E-state index is 13.6. The van der Waals surface area contributed by atoms with Gasteiger partial charge in [0.1, 0.15) is 5.76 Å². The third-order valence-corrected chi connectivity index (χ3v) is 6.52. The molecule has 1 unspecified atom stereocenters. The third kappa shape index (κ3) is 4.14. The fourth-order valence-corrected chi connectivity index (χ4v) is 4.71. The maximum atomic E-state index is 13.6. The molecule has 0 aliphatic carbocycles. The first-order chi connectivity index (χ1) is 17.8. The number of hydrogen-bond acceptors (Lipinski definition) is 7. The number of fused-ring (bicyclic) bond motifs is 1. The standard InChI is InChI=1S/C29H27NO7/c1-5-35-23-13-18(8-10-21(23)34-4)26-25(27(31)19-9-11-22-24(14-19)37-15-36-22)28(32)29(33)30(26)20-12-16(2)6-7-17(20)3/h6-14,26,31H,5,15H2,1-4H3/b27-25+. The smallest absolute Gasteiger partial charge is 0.300 e. The lowest BCUT2D eigenvalue weighted by Crippen LogP contribution is -2.30. The van der Waals surface area contributed by atoms with E-state index < -0.39 is 17.7 Å². The Kier molecular flexibility index (Phi) is 6.25. The molecule has 0 spiro atoms. The largest absolute Gasteiger partial charge is 0.507 e. The number of rotatable bonds is 6. The SMILES string of the molecule is CCOc1cc(C2/C(=C(\O)c3ccc4c(c3)OCO4)C(=O)C(=O)N2c2cc(C)ccc2C)ccc1OC. The molecule has 0 saturated carbocycles. The van der Waals surface area contributed by atoms with Crippen LogP contribution in [0.5, 0.6) is 23.0 Å². The number of carbonyl (C=O) groups is 2. The van der Waals surface area contributed by atoms with Gasteiger partial charge in [-0.25, -0.2) is 0 Å². The van der Waals surface area contributed by atoms with Gasteiger partial charge in [0.2, 0.25) is 6.79 Å². The molecule has 0 bridgehead atoms. The monoisotopic (exact) mass is 501 g/mol. The molecule has 3 aromatic rings.